The zero-order valence-corrected chi connectivity index (χ0v) is 24.3. The number of aryl methyl sites for hydroxylation is 1. The standard InChI is InChI=1S/C20H18NOSi.C12H10N.Ir/c1-23(2,3)18-12-11-14(16-9-6-7-13-21-16)20-19(18)15-8-4-5-10-17(15)22-20;1-10-7-8-13-12(9-10)11-5-3-2-4-6-11;/h4-10,12-13H,1-3H3;2-5,7-9H,1H3;/q2*-1;/i;1D3;. The van der Waals surface area contributed by atoms with Crippen molar-refractivity contribution in [1.29, 1.82) is 0 Å². The molecule has 6 rings (SSSR count). The van der Waals surface area contributed by atoms with Crippen LogP contribution in [-0.4, -0.2) is 18.0 Å². The molecule has 0 fully saturated rings. The van der Waals surface area contributed by atoms with E-state index in [1.54, 1.807) is 12.1 Å². The summed E-state index contributed by atoms with van der Waals surface area (Å²) >= 11 is 0. The van der Waals surface area contributed by atoms with Crippen LogP contribution in [0.5, 0.6) is 0 Å². The first-order valence-electron chi connectivity index (χ1n) is 13.3. The number of aromatic nitrogens is 2. The first-order chi connectivity index (χ1) is 18.6. The molecule has 0 spiro atoms. The molecule has 0 amide bonds. The van der Waals surface area contributed by atoms with Crippen LogP contribution in [0.3, 0.4) is 0 Å². The Balaban J connectivity index is 0.000000192. The Morgan fingerprint density at radius 3 is 2.35 bits per heavy atom. The van der Waals surface area contributed by atoms with Crippen LogP contribution in [0.2, 0.25) is 19.6 Å². The fourth-order valence-corrected chi connectivity index (χ4v) is 5.70. The first-order valence-corrected chi connectivity index (χ1v) is 15.3. The van der Waals surface area contributed by atoms with Crippen LogP contribution in [0.25, 0.3) is 44.5 Å². The summed E-state index contributed by atoms with van der Waals surface area (Å²) in [4.78, 5) is 8.62. The Labute approximate surface area is 237 Å². The zero-order chi connectivity index (χ0) is 27.6. The molecule has 0 atom stereocenters. The van der Waals surface area contributed by atoms with Crippen molar-refractivity contribution >= 4 is 35.2 Å². The quantitative estimate of drug-likeness (QED) is 0.141. The molecule has 37 heavy (non-hydrogen) atoms. The predicted octanol–water partition coefficient (Wildman–Crippen LogP) is 7.85. The molecule has 0 bridgehead atoms. The smallest absolute Gasteiger partial charge is 0.120 e. The first kappa shape index (κ1) is 22.8. The summed E-state index contributed by atoms with van der Waals surface area (Å²) in [5.74, 6) is 0. The second-order valence-electron chi connectivity index (χ2n) is 9.55. The van der Waals surface area contributed by atoms with Crippen LogP contribution in [0.1, 0.15) is 9.68 Å². The van der Waals surface area contributed by atoms with Gasteiger partial charge in [-0.25, -0.2) is 0 Å². The van der Waals surface area contributed by atoms with Crippen LogP contribution < -0.4 is 5.19 Å². The van der Waals surface area contributed by atoms with Gasteiger partial charge in [0.25, 0.3) is 0 Å². The van der Waals surface area contributed by atoms with Crippen LogP contribution in [0.15, 0.2) is 102 Å². The molecule has 5 heteroatoms. The molecule has 0 saturated carbocycles. The summed E-state index contributed by atoms with van der Waals surface area (Å²) in [6, 6.07) is 33.3. The predicted molar refractivity (Wildman–Crippen MR) is 152 cm³/mol. The van der Waals surface area contributed by atoms with Crippen molar-refractivity contribution in [3.63, 3.8) is 0 Å². The molecular formula is C32H28IrN2OSi-2. The monoisotopic (exact) mass is 680 g/mol. The van der Waals surface area contributed by atoms with Gasteiger partial charge in [0.1, 0.15) is 5.58 Å². The summed E-state index contributed by atoms with van der Waals surface area (Å²) in [7, 11) is -1.51. The normalized spacial score (nSPS) is 12.6. The molecule has 3 aromatic heterocycles. The number of rotatable bonds is 3. The van der Waals surface area contributed by atoms with E-state index in [2.05, 4.69) is 59.9 Å². The Morgan fingerprint density at radius 2 is 1.62 bits per heavy atom. The molecule has 187 valence electrons. The molecule has 6 aromatic rings. The van der Waals surface area contributed by atoms with E-state index in [1.165, 1.54) is 28.2 Å². The average molecular weight is 680 g/mol. The van der Waals surface area contributed by atoms with Crippen LogP contribution in [0.4, 0.5) is 0 Å². The van der Waals surface area contributed by atoms with Gasteiger partial charge in [-0.1, -0.05) is 72.6 Å². The van der Waals surface area contributed by atoms with E-state index >= 15 is 0 Å². The summed E-state index contributed by atoms with van der Waals surface area (Å²) in [6.07, 6.45) is 3.32. The Hall–Kier alpha value is -3.37. The van der Waals surface area contributed by atoms with Gasteiger partial charge in [0, 0.05) is 50.1 Å². The van der Waals surface area contributed by atoms with Gasteiger partial charge in [0.2, 0.25) is 0 Å². The fraction of sp³-hybridized carbons (Fsp3) is 0.125. The van der Waals surface area contributed by atoms with E-state index in [1.807, 2.05) is 54.7 Å². The van der Waals surface area contributed by atoms with Crippen molar-refractivity contribution in [2.24, 2.45) is 0 Å². The second-order valence-corrected chi connectivity index (χ2v) is 14.6. The number of nitrogens with zero attached hydrogens (tertiary/aromatic N) is 2. The number of pyridine rings is 2. The molecule has 3 aromatic carbocycles. The SMILES string of the molecule is C[Si](C)(C)c1c[c-]c(-c2ccccn2)c2oc3ccccc3c12.[2H]C([2H])([2H])c1ccnc(-c2[c-]cccc2)c1.[Ir]. The van der Waals surface area contributed by atoms with Gasteiger partial charge in [0.05, 0.1) is 5.58 Å². The van der Waals surface area contributed by atoms with Gasteiger partial charge in [-0.2, -0.15) is 0 Å². The maximum absolute atomic E-state index is 7.33. The van der Waals surface area contributed by atoms with Crippen molar-refractivity contribution in [3.8, 4) is 22.5 Å². The van der Waals surface area contributed by atoms with Crippen molar-refractivity contribution in [3.05, 3.63) is 115 Å². The Kier molecular flexibility index (Phi) is 6.99. The minimum absolute atomic E-state index is 0. The van der Waals surface area contributed by atoms with E-state index in [9.17, 15) is 0 Å². The number of hydrogen-bond acceptors (Lipinski definition) is 3. The molecule has 0 aliphatic heterocycles. The molecule has 0 aliphatic carbocycles. The van der Waals surface area contributed by atoms with Crippen molar-refractivity contribution in [2.75, 3.05) is 0 Å². The van der Waals surface area contributed by atoms with E-state index in [0.29, 0.717) is 11.3 Å². The van der Waals surface area contributed by atoms with Crippen molar-refractivity contribution in [2.45, 2.75) is 26.5 Å². The summed E-state index contributed by atoms with van der Waals surface area (Å²) in [5.41, 5.74) is 5.42. The molecule has 0 unspecified atom stereocenters. The molecule has 3 heterocycles. The summed E-state index contributed by atoms with van der Waals surface area (Å²) in [6.45, 7) is 4.99. The van der Waals surface area contributed by atoms with Gasteiger partial charge >= 0.3 is 0 Å². The second kappa shape index (κ2) is 11.3. The van der Waals surface area contributed by atoms with Crippen LogP contribution in [-0.2, 0) is 20.1 Å². The molecule has 0 saturated heterocycles. The van der Waals surface area contributed by atoms with Crippen LogP contribution in [0, 0.1) is 19.0 Å². The van der Waals surface area contributed by atoms with Crippen molar-refractivity contribution in [1.82, 2.24) is 9.97 Å². The number of benzene rings is 3. The Morgan fingerprint density at radius 1 is 0.838 bits per heavy atom. The van der Waals surface area contributed by atoms with E-state index in [4.69, 9.17) is 8.53 Å². The van der Waals surface area contributed by atoms with Gasteiger partial charge in [-0.05, 0) is 36.4 Å². The summed E-state index contributed by atoms with van der Waals surface area (Å²) < 4.78 is 28.2. The third-order valence-electron chi connectivity index (χ3n) is 5.93. The maximum Gasteiger partial charge on any atom is 0.120 e. The molecule has 3 nitrogen and oxygen atoms in total. The van der Waals surface area contributed by atoms with E-state index in [-0.39, 0.29) is 20.1 Å². The summed E-state index contributed by atoms with van der Waals surface area (Å²) in [5, 5.41) is 3.81. The minimum Gasteiger partial charge on any atom is -0.501 e. The zero-order valence-electron chi connectivity index (χ0n) is 23.9. The fourth-order valence-electron chi connectivity index (χ4n) is 4.19. The average Bonchev–Trinajstić information content (AvgIpc) is 3.33. The molecule has 0 aliphatic rings. The minimum atomic E-state index is -2.09. The van der Waals surface area contributed by atoms with Crippen molar-refractivity contribution < 1.29 is 28.6 Å². The number of hydrogen-bond donors (Lipinski definition) is 0. The van der Waals surface area contributed by atoms with Gasteiger partial charge in [0.15, 0.2) is 0 Å². The molecular weight excluding hydrogens is 649 g/mol. The third kappa shape index (κ3) is 5.80. The van der Waals surface area contributed by atoms with Gasteiger partial charge < -0.3 is 14.4 Å². The molecule has 1 radical (unpaired) electrons. The number of furan rings is 1. The Bertz CT molecular complexity index is 1730. The van der Waals surface area contributed by atoms with Gasteiger partial charge in [-0.3, -0.25) is 0 Å². The third-order valence-corrected chi connectivity index (χ3v) is 7.94. The topological polar surface area (TPSA) is 38.9 Å². The maximum atomic E-state index is 7.33. The number of fused-ring (bicyclic) bond motifs is 3. The van der Waals surface area contributed by atoms with Crippen LogP contribution >= 0.6 is 0 Å². The largest absolute Gasteiger partial charge is 0.501 e. The number of para-hydroxylation sites is 1. The van der Waals surface area contributed by atoms with Gasteiger partial charge in [-0.15, -0.1) is 53.2 Å². The molecule has 0 N–H and O–H groups in total. The van der Waals surface area contributed by atoms with E-state index < -0.39 is 14.9 Å². The van der Waals surface area contributed by atoms with E-state index in [0.717, 1.165) is 28.0 Å².